The lowest BCUT2D eigenvalue weighted by Gasteiger charge is -2.42. The van der Waals surface area contributed by atoms with Crippen molar-refractivity contribution < 1.29 is 0 Å². The van der Waals surface area contributed by atoms with Crippen LogP contribution in [0.4, 0.5) is 0 Å². The first-order valence-electron chi connectivity index (χ1n) is 8.77. The van der Waals surface area contributed by atoms with Crippen molar-refractivity contribution in [2.24, 2.45) is 16.7 Å². The van der Waals surface area contributed by atoms with Crippen LogP contribution in [0, 0.1) is 16.7 Å². The van der Waals surface area contributed by atoms with E-state index in [9.17, 15) is 0 Å². The lowest BCUT2D eigenvalue weighted by Crippen LogP contribution is -2.32. The Bertz CT molecular complexity index is 634. The minimum atomic E-state index is 0.211. The van der Waals surface area contributed by atoms with Gasteiger partial charge in [-0.05, 0) is 44.9 Å². The normalized spacial score (nSPS) is 23.0. The highest BCUT2D eigenvalue weighted by Crippen LogP contribution is 2.60. The Balaban J connectivity index is 2.83. The largest absolute Gasteiger partial charge is 0.0991 e. The summed E-state index contributed by atoms with van der Waals surface area (Å²) in [5.74, 6) is 1.01. The quantitative estimate of drug-likeness (QED) is 0.556. The third-order valence-electron chi connectivity index (χ3n) is 5.62. The Morgan fingerprint density at radius 3 is 2.17 bits per heavy atom. The lowest BCUT2D eigenvalue weighted by molar-refractivity contribution is 0.160. The summed E-state index contributed by atoms with van der Waals surface area (Å²) in [5, 5.41) is 0. The van der Waals surface area contributed by atoms with E-state index >= 15 is 0 Å². The summed E-state index contributed by atoms with van der Waals surface area (Å²) in [6.07, 6.45) is 7.34. The number of hydrogen-bond acceptors (Lipinski definition) is 0. The van der Waals surface area contributed by atoms with Crippen LogP contribution < -0.4 is 0 Å². The van der Waals surface area contributed by atoms with Gasteiger partial charge in [-0.1, -0.05) is 97.5 Å². The molecule has 0 saturated heterocycles. The SMILES string of the molecule is C=C/C=C1\c2c(C=C)cccc2C(C(C)(C)C)C1C(C)(C)CC. The molecule has 124 valence electrons. The number of hydrogen-bond donors (Lipinski definition) is 0. The molecule has 1 aliphatic carbocycles. The zero-order valence-corrected chi connectivity index (χ0v) is 15.7. The smallest absolute Gasteiger partial charge is 0.00304 e. The Labute approximate surface area is 143 Å². The molecule has 0 aromatic heterocycles. The van der Waals surface area contributed by atoms with E-state index in [1.807, 2.05) is 12.2 Å². The predicted molar refractivity (Wildman–Crippen MR) is 104 cm³/mol. The van der Waals surface area contributed by atoms with Gasteiger partial charge in [0.25, 0.3) is 0 Å². The van der Waals surface area contributed by atoms with Crippen LogP contribution in [0.1, 0.15) is 70.6 Å². The molecule has 0 fully saturated rings. The van der Waals surface area contributed by atoms with Gasteiger partial charge in [0.2, 0.25) is 0 Å². The van der Waals surface area contributed by atoms with Gasteiger partial charge in [-0.3, -0.25) is 0 Å². The van der Waals surface area contributed by atoms with Gasteiger partial charge in [0.05, 0.1) is 0 Å². The maximum absolute atomic E-state index is 4.04. The minimum absolute atomic E-state index is 0.211. The second kappa shape index (κ2) is 6.15. The molecule has 0 nitrogen and oxygen atoms in total. The number of benzene rings is 1. The van der Waals surface area contributed by atoms with Gasteiger partial charge in [0.1, 0.15) is 0 Å². The molecule has 0 saturated carbocycles. The molecule has 0 heterocycles. The Morgan fingerprint density at radius 1 is 1.04 bits per heavy atom. The fourth-order valence-corrected chi connectivity index (χ4v) is 4.24. The molecule has 0 bridgehead atoms. The van der Waals surface area contributed by atoms with Crippen molar-refractivity contribution in [3.63, 3.8) is 0 Å². The van der Waals surface area contributed by atoms with Crippen LogP contribution in [0.2, 0.25) is 0 Å². The molecule has 1 aliphatic rings. The first kappa shape index (κ1) is 17.8. The molecular formula is C23H32. The van der Waals surface area contributed by atoms with Crippen LogP contribution in [-0.2, 0) is 0 Å². The van der Waals surface area contributed by atoms with E-state index in [0.29, 0.717) is 11.8 Å². The van der Waals surface area contributed by atoms with Gasteiger partial charge >= 0.3 is 0 Å². The average molecular weight is 309 g/mol. The summed E-state index contributed by atoms with van der Waals surface area (Å²) in [7, 11) is 0. The van der Waals surface area contributed by atoms with Crippen molar-refractivity contribution >= 4 is 11.6 Å². The summed E-state index contributed by atoms with van der Waals surface area (Å²) in [5.41, 5.74) is 6.02. The van der Waals surface area contributed by atoms with Crippen molar-refractivity contribution in [2.45, 2.75) is 53.9 Å². The molecule has 1 aromatic rings. The molecule has 0 aliphatic heterocycles. The van der Waals surface area contributed by atoms with Gasteiger partial charge in [0, 0.05) is 0 Å². The fourth-order valence-electron chi connectivity index (χ4n) is 4.24. The van der Waals surface area contributed by atoms with Gasteiger partial charge in [-0.15, -0.1) is 0 Å². The van der Waals surface area contributed by atoms with Crippen molar-refractivity contribution in [1.29, 1.82) is 0 Å². The first-order valence-corrected chi connectivity index (χ1v) is 8.77. The first-order chi connectivity index (χ1) is 10.7. The molecule has 2 unspecified atom stereocenters. The van der Waals surface area contributed by atoms with Gasteiger partial charge in [0.15, 0.2) is 0 Å². The highest BCUT2D eigenvalue weighted by Gasteiger charge is 2.48. The maximum Gasteiger partial charge on any atom is -0.00304 e. The lowest BCUT2D eigenvalue weighted by atomic mass is 9.62. The minimum Gasteiger partial charge on any atom is -0.0991 e. The summed E-state index contributed by atoms with van der Waals surface area (Å²) in [6.45, 7) is 22.3. The standard InChI is InChI=1S/C23H32/c1-9-13-17-19-16(10-2)14-12-15-18(19)20(22(4,5)6)21(17)23(7,8)11-3/h9-10,12-15,20-21H,1-2,11H2,3-8H3/b17-13+. The number of allylic oxidation sites excluding steroid dienone is 3. The van der Waals surface area contributed by atoms with Gasteiger partial charge in [-0.2, -0.15) is 0 Å². The van der Waals surface area contributed by atoms with Gasteiger partial charge in [-0.25, -0.2) is 0 Å². The second-order valence-electron chi connectivity index (χ2n) is 8.54. The van der Waals surface area contributed by atoms with Crippen LogP contribution in [0.15, 0.2) is 43.5 Å². The zero-order valence-electron chi connectivity index (χ0n) is 15.7. The predicted octanol–water partition coefficient (Wildman–Crippen LogP) is 7.09. The molecule has 0 amide bonds. The summed E-state index contributed by atoms with van der Waals surface area (Å²) in [4.78, 5) is 0. The van der Waals surface area contributed by atoms with Crippen LogP contribution >= 0.6 is 0 Å². The molecule has 1 aromatic carbocycles. The third-order valence-corrected chi connectivity index (χ3v) is 5.62. The average Bonchev–Trinajstić information content (AvgIpc) is 2.83. The Morgan fingerprint density at radius 2 is 1.70 bits per heavy atom. The highest BCUT2D eigenvalue weighted by atomic mass is 14.5. The molecule has 0 spiro atoms. The van der Waals surface area contributed by atoms with Crippen LogP contribution in [0.3, 0.4) is 0 Å². The van der Waals surface area contributed by atoms with Crippen LogP contribution in [0.5, 0.6) is 0 Å². The zero-order chi connectivity index (χ0) is 17.4. The number of fused-ring (bicyclic) bond motifs is 1. The van der Waals surface area contributed by atoms with E-state index in [1.165, 1.54) is 22.3 Å². The number of rotatable bonds is 4. The molecule has 0 heteroatoms. The Kier molecular flexibility index (Phi) is 4.76. The second-order valence-corrected chi connectivity index (χ2v) is 8.54. The summed E-state index contributed by atoms with van der Waals surface area (Å²) in [6, 6.07) is 6.69. The molecular weight excluding hydrogens is 276 g/mol. The van der Waals surface area contributed by atoms with E-state index in [2.05, 4.69) is 79.0 Å². The van der Waals surface area contributed by atoms with E-state index in [-0.39, 0.29) is 10.8 Å². The topological polar surface area (TPSA) is 0 Å². The van der Waals surface area contributed by atoms with Crippen molar-refractivity contribution in [3.8, 4) is 0 Å². The van der Waals surface area contributed by atoms with E-state index < -0.39 is 0 Å². The maximum atomic E-state index is 4.04. The summed E-state index contributed by atoms with van der Waals surface area (Å²) >= 11 is 0. The molecule has 0 N–H and O–H groups in total. The summed E-state index contributed by atoms with van der Waals surface area (Å²) < 4.78 is 0. The van der Waals surface area contributed by atoms with Crippen LogP contribution in [0.25, 0.3) is 11.6 Å². The van der Waals surface area contributed by atoms with Crippen LogP contribution in [-0.4, -0.2) is 0 Å². The van der Waals surface area contributed by atoms with E-state index in [4.69, 9.17) is 0 Å². The van der Waals surface area contributed by atoms with E-state index in [0.717, 1.165) is 6.42 Å². The molecule has 0 radical (unpaired) electrons. The van der Waals surface area contributed by atoms with E-state index in [1.54, 1.807) is 0 Å². The van der Waals surface area contributed by atoms with Gasteiger partial charge < -0.3 is 0 Å². The van der Waals surface area contributed by atoms with Crippen molar-refractivity contribution in [2.75, 3.05) is 0 Å². The third kappa shape index (κ3) is 2.96. The molecule has 23 heavy (non-hydrogen) atoms. The Hall–Kier alpha value is -1.56. The van der Waals surface area contributed by atoms with Crippen molar-refractivity contribution in [1.82, 2.24) is 0 Å². The molecule has 2 rings (SSSR count). The molecule has 2 atom stereocenters. The highest BCUT2D eigenvalue weighted by molar-refractivity contribution is 5.83. The monoisotopic (exact) mass is 308 g/mol. The fraction of sp³-hybridized carbons (Fsp3) is 0.478. The van der Waals surface area contributed by atoms with Crippen molar-refractivity contribution in [3.05, 3.63) is 60.2 Å².